The Balaban J connectivity index is 2.18. The lowest BCUT2D eigenvalue weighted by Gasteiger charge is -2.12. The van der Waals surface area contributed by atoms with Gasteiger partial charge in [0.1, 0.15) is 5.82 Å². The third-order valence-corrected chi connectivity index (χ3v) is 3.10. The fraction of sp³-hybridized carbons (Fsp3) is 0.214. The second kappa shape index (κ2) is 5.46. The van der Waals surface area contributed by atoms with Crippen molar-refractivity contribution in [1.82, 2.24) is 4.98 Å². The highest BCUT2D eigenvalue weighted by molar-refractivity contribution is 6.31. The van der Waals surface area contributed by atoms with E-state index in [1.165, 1.54) is 12.1 Å². The molecule has 2 rings (SSSR count). The first-order chi connectivity index (χ1) is 8.56. The fourth-order valence-corrected chi connectivity index (χ4v) is 2.04. The van der Waals surface area contributed by atoms with Crippen LogP contribution < -0.4 is 5.73 Å². The lowest BCUT2D eigenvalue weighted by Crippen LogP contribution is -2.15. The fourth-order valence-electron chi connectivity index (χ4n) is 1.80. The van der Waals surface area contributed by atoms with Gasteiger partial charge in [0, 0.05) is 10.7 Å². The number of rotatable bonds is 3. The van der Waals surface area contributed by atoms with Crippen molar-refractivity contribution in [2.45, 2.75) is 19.4 Å². The number of benzene rings is 1. The molecule has 1 atom stereocenters. The molecule has 2 N–H and O–H groups in total. The average Bonchev–Trinajstić information content (AvgIpc) is 2.32. The van der Waals surface area contributed by atoms with Crippen LogP contribution in [0.5, 0.6) is 0 Å². The average molecular weight is 265 g/mol. The summed E-state index contributed by atoms with van der Waals surface area (Å²) in [5, 5.41) is 0.401. The molecule has 0 saturated carbocycles. The first kappa shape index (κ1) is 13.0. The van der Waals surface area contributed by atoms with Crippen molar-refractivity contribution >= 4 is 11.6 Å². The van der Waals surface area contributed by atoms with E-state index in [9.17, 15) is 4.39 Å². The first-order valence-electron chi connectivity index (χ1n) is 5.69. The van der Waals surface area contributed by atoms with Gasteiger partial charge < -0.3 is 5.73 Å². The van der Waals surface area contributed by atoms with Crippen molar-refractivity contribution in [1.29, 1.82) is 0 Å². The smallest absolute Gasteiger partial charge is 0.124 e. The molecule has 18 heavy (non-hydrogen) atoms. The third kappa shape index (κ3) is 3.06. The standard InChI is InChI=1S/C14H14ClFN2/c1-9-3-2-4-14(18-9)13(17)7-10-5-6-11(16)8-12(10)15/h2-6,8,13H,7,17H2,1H3. The Morgan fingerprint density at radius 1 is 1.33 bits per heavy atom. The highest BCUT2D eigenvalue weighted by Crippen LogP contribution is 2.22. The van der Waals surface area contributed by atoms with Crippen molar-refractivity contribution in [2.75, 3.05) is 0 Å². The lowest BCUT2D eigenvalue weighted by atomic mass is 10.0. The molecule has 1 heterocycles. The number of aryl methyl sites for hydroxylation is 1. The van der Waals surface area contributed by atoms with Gasteiger partial charge in [0.05, 0.1) is 11.7 Å². The van der Waals surface area contributed by atoms with Crippen LogP contribution in [-0.2, 0) is 6.42 Å². The van der Waals surface area contributed by atoms with Crippen LogP contribution in [0.3, 0.4) is 0 Å². The zero-order valence-corrected chi connectivity index (χ0v) is 10.8. The summed E-state index contributed by atoms with van der Waals surface area (Å²) in [5.74, 6) is -0.342. The number of hydrogen-bond donors (Lipinski definition) is 1. The first-order valence-corrected chi connectivity index (χ1v) is 6.07. The number of nitrogens with zero attached hydrogens (tertiary/aromatic N) is 1. The maximum atomic E-state index is 12.9. The van der Waals surface area contributed by atoms with Gasteiger partial charge in [0.15, 0.2) is 0 Å². The van der Waals surface area contributed by atoms with E-state index in [0.717, 1.165) is 17.0 Å². The summed E-state index contributed by atoms with van der Waals surface area (Å²) in [6, 6.07) is 9.82. The molecule has 1 aromatic carbocycles. The molecule has 94 valence electrons. The summed E-state index contributed by atoms with van der Waals surface area (Å²) in [5.41, 5.74) is 8.66. The molecule has 0 aliphatic carbocycles. The predicted octanol–water partition coefficient (Wildman–Crippen LogP) is 3.43. The Kier molecular flexibility index (Phi) is 3.94. The Hall–Kier alpha value is -1.45. The van der Waals surface area contributed by atoms with E-state index in [1.54, 1.807) is 6.07 Å². The van der Waals surface area contributed by atoms with Crippen LogP contribution in [0.2, 0.25) is 5.02 Å². The lowest BCUT2D eigenvalue weighted by molar-refractivity contribution is 0.625. The van der Waals surface area contributed by atoms with E-state index < -0.39 is 0 Å². The van der Waals surface area contributed by atoms with Gasteiger partial charge in [-0.15, -0.1) is 0 Å². The van der Waals surface area contributed by atoms with E-state index in [0.29, 0.717) is 11.4 Å². The second-order valence-corrected chi connectivity index (χ2v) is 4.66. The van der Waals surface area contributed by atoms with Crippen LogP contribution in [0, 0.1) is 12.7 Å². The van der Waals surface area contributed by atoms with E-state index >= 15 is 0 Å². The zero-order valence-electron chi connectivity index (χ0n) is 10.0. The molecule has 0 radical (unpaired) electrons. The number of aromatic nitrogens is 1. The van der Waals surface area contributed by atoms with Gasteiger partial charge in [-0.1, -0.05) is 23.7 Å². The summed E-state index contributed by atoms with van der Waals surface area (Å²) < 4.78 is 12.9. The molecule has 1 aromatic heterocycles. The summed E-state index contributed by atoms with van der Waals surface area (Å²) in [6.07, 6.45) is 0.537. The Morgan fingerprint density at radius 3 is 2.78 bits per heavy atom. The van der Waals surface area contributed by atoms with E-state index in [-0.39, 0.29) is 11.9 Å². The molecular weight excluding hydrogens is 251 g/mol. The van der Waals surface area contributed by atoms with Crippen LogP contribution in [0.4, 0.5) is 4.39 Å². The quantitative estimate of drug-likeness (QED) is 0.923. The van der Waals surface area contributed by atoms with Gasteiger partial charge in [0.2, 0.25) is 0 Å². The van der Waals surface area contributed by atoms with Gasteiger partial charge in [0.25, 0.3) is 0 Å². The molecule has 2 nitrogen and oxygen atoms in total. The summed E-state index contributed by atoms with van der Waals surface area (Å²) in [7, 11) is 0. The largest absolute Gasteiger partial charge is 0.322 e. The van der Waals surface area contributed by atoms with Crippen LogP contribution >= 0.6 is 11.6 Å². The minimum absolute atomic E-state index is 0.243. The van der Waals surface area contributed by atoms with Crippen LogP contribution in [-0.4, -0.2) is 4.98 Å². The topological polar surface area (TPSA) is 38.9 Å². The van der Waals surface area contributed by atoms with Crippen molar-refractivity contribution in [2.24, 2.45) is 5.73 Å². The Bertz CT molecular complexity index is 557. The zero-order chi connectivity index (χ0) is 13.1. The van der Waals surface area contributed by atoms with Crippen molar-refractivity contribution < 1.29 is 4.39 Å². The minimum atomic E-state index is -0.342. The molecule has 4 heteroatoms. The van der Waals surface area contributed by atoms with Crippen molar-refractivity contribution in [3.8, 4) is 0 Å². The highest BCUT2D eigenvalue weighted by atomic mass is 35.5. The number of nitrogens with two attached hydrogens (primary N) is 1. The molecule has 2 aromatic rings. The highest BCUT2D eigenvalue weighted by Gasteiger charge is 2.11. The summed E-state index contributed by atoms with van der Waals surface area (Å²) >= 11 is 5.98. The Labute approximate surface area is 111 Å². The number of halogens is 2. The van der Waals surface area contributed by atoms with E-state index in [4.69, 9.17) is 17.3 Å². The van der Waals surface area contributed by atoms with Crippen molar-refractivity contribution in [3.63, 3.8) is 0 Å². The van der Waals surface area contributed by atoms with Crippen molar-refractivity contribution in [3.05, 3.63) is 64.2 Å². The van der Waals surface area contributed by atoms with Gasteiger partial charge in [-0.25, -0.2) is 4.39 Å². The summed E-state index contributed by atoms with van der Waals surface area (Å²) in [6.45, 7) is 1.92. The van der Waals surface area contributed by atoms with Gasteiger partial charge >= 0.3 is 0 Å². The molecule has 0 amide bonds. The van der Waals surface area contributed by atoms with Gasteiger partial charge in [-0.05, 0) is 43.2 Å². The van der Waals surface area contributed by atoms with Crippen LogP contribution in [0.25, 0.3) is 0 Å². The molecular formula is C14H14ClFN2. The predicted molar refractivity (Wildman–Crippen MR) is 71.0 cm³/mol. The summed E-state index contributed by atoms with van der Waals surface area (Å²) in [4.78, 5) is 4.37. The monoisotopic (exact) mass is 264 g/mol. The second-order valence-electron chi connectivity index (χ2n) is 4.25. The molecule has 0 bridgehead atoms. The minimum Gasteiger partial charge on any atom is -0.322 e. The molecule has 0 saturated heterocycles. The van der Waals surface area contributed by atoms with E-state index in [2.05, 4.69) is 4.98 Å². The van der Waals surface area contributed by atoms with Gasteiger partial charge in [-0.3, -0.25) is 4.98 Å². The molecule has 0 spiro atoms. The maximum Gasteiger partial charge on any atom is 0.124 e. The van der Waals surface area contributed by atoms with Crippen LogP contribution in [0.15, 0.2) is 36.4 Å². The number of pyridine rings is 1. The van der Waals surface area contributed by atoms with Gasteiger partial charge in [-0.2, -0.15) is 0 Å². The van der Waals surface area contributed by atoms with Crippen LogP contribution in [0.1, 0.15) is 23.0 Å². The number of hydrogen-bond acceptors (Lipinski definition) is 2. The molecule has 0 aliphatic heterocycles. The maximum absolute atomic E-state index is 12.9. The third-order valence-electron chi connectivity index (χ3n) is 2.74. The molecule has 1 unspecified atom stereocenters. The molecule has 0 fully saturated rings. The molecule has 0 aliphatic rings. The normalized spacial score (nSPS) is 12.4. The SMILES string of the molecule is Cc1cccc(C(N)Cc2ccc(F)cc2Cl)n1. The van der Waals surface area contributed by atoms with E-state index in [1.807, 2.05) is 25.1 Å². The Morgan fingerprint density at radius 2 is 2.11 bits per heavy atom.